The Labute approximate surface area is 182 Å². The summed E-state index contributed by atoms with van der Waals surface area (Å²) >= 11 is 0. The third kappa shape index (κ3) is 8.59. The van der Waals surface area contributed by atoms with Crippen molar-refractivity contribution in [2.24, 2.45) is 0 Å². The molecule has 0 saturated carbocycles. The minimum atomic E-state index is -4.57. The Hall–Kier alpha value is -2.32. The molecule has 5 nitrogen and oxygen atoms in total. The lowest BCUT2D eigenvalue weighted by Gasteiger charge is -2.06. The Morgan fingerprint density at radius 3 is 2.07 bits per heavy atom. The van der Waals surface area contributed by atoms with E-state index in [9.17, 15) is 13.0 Å². The van der Waals surface area contributed by atoms with Gasteiger partial charge in [0.1, 0.15) is 17.8 Å². The first-order chi connectivity index (χ1) is 14.3. The molecule has 0 aliphatic heterocycles. The van der Waals surface area contributed by atoms with E-state index in [1.54, 1.807) is 37.4 Å². The van der Waals surface area contributed by atoms with Gasteiger partial charge in [-0.3, -0.25) is 4.18 Å². The average Bonchev–Trinajstić information content (AvgIpc) is 2.75. The van der Waals surface area contributed by atoms with Crippen LogP contribution in [0, 0.1) is 6.92 Å². The maximum absolute atomic E-state index is 10.0. The average molecular weight is 447 g/mol. The van der Waals surface area contributed by atoms with E-state index in [1.165, 1.54) is 16.0 Å². The van der Waals surface area contributed by atoms with Gasteiger partial charge in [-0.2, -0.15) is 0 Å². The standard InChI is InChI=1S/C16H19OS.C7H8O4S/c1-13-6-4-5-7-14(13)12-18(3)16-10-8-15(17-2)9-11-16;8-12(9,10)11-6-7-4-2-1-3-5-7/h4-11H,12H2,1-3H3;1-5H,6H2,(H,8,9,10)/q+1;/p-1. The second-order valence-corrected chi connectivity index (χ2v) is 9.63. The Morgan fingerprint density at radius 2 is 1.50 bits per heavy atom. The summed E-state index contributed by atoms with van der Waals surface area (Å²) in [4.78, 5) is 1.39. The molecule has 0 amide bonds. The quantitative estimate of drug-likeness (QED) is 0.304. The molecule has 160 valence electrons. The molecule has 0 spiro atoms. The van der Waals surface area contributed by atoms with Crippen LogP contribution < -0.4 is 4.74 Å². The highest BCUT2D eigenvalue weighted by Crippen LogP contribution is 2.21. The first kappa shape index (κ1) is 24.0. The van der Waals surface area contributed by atoms with Crippen molar-refractivity contribution in [3.8, 4) is 5.75 Å². The van der Waals surface area contributed by atoms with Crippen molar-refractivity contribution < 1.29 is 21.9 Å². The number of methoxy groups -OCH3 is 1. The number of rotatable bonds is 7. The fourth-order valence-corrected chi connectivity index (χ4v) is 4.45. The molecule has 0 bridgehead atoms. The smallest absolute Gasteiger partial charge is 0.217 e. The summed E-state index contributed by atoms with van der Waals surface area (Å²) < 4.78 is 39.3. The number of aryl methyl sites for hydroxylation is 1. The molecular weight excluding hydrogens is 420 g/mol. The van der Waals surface area contributed by atoms with Gasteiger partial charge in [-0.25, -0.2) is 8.42 Å². The predicted molar refractivity (Wildman–Crippen MR) is 120 cm³/mol. The van der Waals surface area contributed by atoms with Gasteiger partial charge >= 0.3 is 0 Å². The van der Waals surface area contributed by atoms with Gasteiger partial charge in [0.25, 0.3) is 0 Å². The largest absolute Gasteiger partial charge is 0.726 e. The Bertz CT molecular complexity index is 1000. The third-order valence-electron chi connectivity index (χ3n) is 4.31. The summed E-state index contributed by atoms with van der Waals surface area (Å²) in [6, 6.07) is 25.6. The van der Waals surface area contributed by atoms with Gasteiger partial charge in [0, 0.05) is 16.5 Å². The molecule has 0 saturated heterocycles. The van der Waals surface area contributed by atoms with E-state index >= 15 is 0 Å². The highest BCUT2D eigenvalue weighted by molar-refractivity contribution is 7.95. The maximum atomic E-state index is 10.0. The van der Waals surface area contributed by atoms with Gasteiger partial charge in [0.2, 0.25) is 10.4 Å². The maximum Gasteiger partial charge on any atom is 0.217 e. The van der Waals surface area contributed by atoms with Crippen LogP contribution in [0.4, 0.5) is 0 Å². The predicted octanol–water partition coefficient (Wildman–Crippen LogP) is 4.47. The van der Waals surface area contributed by atoms with Crippen LogP contribution in [0.15, 0.2) is 83.8 Å². The highest BCUT2D eigenvalue weighted by atomic mass is 32.3. The summed E-state index contributed by atoms with van der Waals surface area (Å²) in [5.41, 5.74) is 3.47. The minimum absolute atomic E-state index is 0.202. The number of ether oxygens (including phenoxy) is 1. The fourth-order valence-electron chi connectivity index (χ4n) is 2.61. The molecule has 3 aromatic carbocycles. The van der Waals surface area contributed by atoms with Crippen molar-refractivity contribution in [1.82, 2.24) is 0 Å². The van der Waals surface area contributed by atoms with Crippen LogP contribution in [0.2, 0.25) is 0 Å². The van der Waals surface area contributed by atoms with Crippen LogP contribution in [0.5, 0.6) is 5.75 Å². The Balaban J connectivity index is 0.000000232. The summed E-state index contributed by atoms with van der Waals surface area (Å²) in [6.07, 6.45) is 2.30. The van der Waals surface area contributed by atoms with E-state index in [2.05, 4.69) is 53.8 Å². The zero-order valence-electron chi connectivity index (χ0n) is 17.3. The Morgan fingerprint density at radius 1 is 0.900 bits per heavy atom. The van der Waals surface area contributed by atoms with E-state index in [-0.39, 0.29) is 17.5 Å². The lowest BCUT2D eigenvalue weighted by molar-refractivity contribution is 0.253. The number of benzene rings is 3. The molecule has 0 heterocycles. The summed E-state index contributed by atoms with van der Waals surface area (Å²) in [6.45, 7) is 1.98. The normalized spacial score (nSPS) is 11.9. The Kier molecular flexibility index (Phi) is 9.39. The first-order valence-corrected chi connectivity index (χ1v) is 12.4. The van der Waals surface area contributed by atoms with Gasteiger partial charge < -0.3 is 9.29 Å². The van der Waals surface area contributed by atoms with E-state index in [4.69, 9.17) is 4.74 Å². The number of hydrogen-bond acceptors (Lipinski definition) is 5. The van der Waals surface area contributed by atoms with E-state index in [0.29, 0.717) is 5.56 Å². The topological polar surface area (TPSA) is 75.7 Å². The molecule has 0 N–H and O–H groups in total. The summed E-state index contributed by atoms with van der Waals surface area (Å²) in [5.74, 6) is 2.03. The van der Waals surface area contributed by atoms with E-state index < -0.39 is 10.4 Å². The van der Waals surface area contributed by atoms with Gasteiger partial charge in [0.05, 0.1) is 13.7 Å². The molecule has 30 heavy (non-hydrogen) atoms. The molecule has 3 rings (SSSR count). The van der Waals surface area contributed by atoms with Crippen molar-refractivity contribution in [3.05, 3.63) is 95.6 Å². The lowest BCUT2D eigenvalue weighted by atomic mass is 10.1. The van der Waals surface area contributed by atoms with Gasteiger partial charge in [0.15, 0.2) is 4.90 Å². The summed E-state index contributed by atoms with van der Waals surface area (Å²) in [5, 5.41) is 0. The van der Waals surface area contributed by atoms with Crippen LogP contribution in [-0.4, -0.2) is 26.3 Å². The molecule has 0 radical (unpaired) electrons. The first-order valence-electron chi connectivity index (χ1n) is 9.24. The molecule has 3 aromatic rings. The van der Waals surface area contributed by atoms with E-state index in [1.807, 2.05) is 12.1 Å². The second-order valence-electron chi connectivity index (χ2n) is 6.54. The molecule has 0 aliphatic carbocycles. The van der Waals surface area contributed by atoms with Crippen molar-refractivity contribution in [2.75, 3.05) is 13.4 Å². The zero-order chi connectivity index (χ0) is 22.0. The highest BCUT2D eigenvalue weighted by Gasteiger charge is 2.17. The molecule has 0 aromatic heterocycles. The third-order valence-corrected chi connectivity index (χ3v) is 6.54. The van der Waals surface area contributed by atoms with Crippen molar-refractivity contribution in [1.29, 1.82) is 0 Å². The van der Waals surface area contributed by atoms with Gasteiger partial charge in [-0.1, -0.05) is 54.6 Å². The summed E-state index contributed by atoms with van der Waals surface area (Å²) in [7, 11) is -2.63. The molecule has 1 unspecified atom stereocenters. The monoisotopic (exact) mass is 446 g/mol. The molecule has 1 atom stereocenters. The molecular formula is C23H26O5S2. The molecule has 0 aliphatic rings. The van der Waals surface area contributed by atoms with E-state index in [0.717, 1.165) is 11.5 Å². The van der Waals surface area contributed by atoms with Gasteiger partial charge in [-0.15, -0.1) is 0 Å². The SMILES string of the molecule is COc1ccc([S+](C)Cc2ccccc2C)cc1.O=S(=O)([O-])OCc1ccccc1. The molecule has 0 fully saturated rings. The van der Waals surface area contributed by atoms with Crippen molar-refractivity contribution in [2.45, 2.75) is 24.2 Å². The minimum Gasteiger partial charge on any atom is -0.726 e. The van der Waals surface area contributed by atoms with Crippen molar-refractivity contribution in [3.63, 3.8) is 0 Å². The van der Waals surface area contributed by atoms with Crippen LogP contribution >= 0.6 is 0 Å². The fraction of sp³-hybridized carbons (Fsp3) is 0.217. The second kappa shape index (κ2) is 11.8. The van der Waals surface area contributed by atoms with Crippen molar-refractivity contribution >= 4 is 21.3 Å². The van der Waals surface area contributed by atoms with Gasteiger partial charge in [-0.05, 0) is 42.3 Å². The lowest BCUT2D eigenvalue weighted by Crippen LogP contribution is -2.04. The number of hydrogen-bond donors (Lipinski definition) is 0. The van der Waals surface area contributed by atoms with Crippen LogP contribution in [0.3, 0.4) is 0 Å². The van der Waals surface area contributed by atoms with Crippen LogP contribution in [-0.2, 0) is 37.8 Å². The van der Waals surface area contributed by atoms with Crippen LogP contribution in [0.1, 0.15) is 16.7 Å². The molecule has 7 heteroatoms. The van der Waals surface area contributed by atoms with Crippen LogP contribution in [0.25, 0.3) is 0 Å². The zero-order valence-corrected chi connectivity index (χ0v) is 18.9.